The van der Waals surface area contributed by atoms with Crippen LogP contribution in [0.4, 0.5) is 5.82 Å². The molecule has 0 unspecified atom stereocenters. The first-order valence-electron chi connectivity index (χ1n) is 5.46. The Morgan fingerprint density at radius 2 is 2.06 bits per heavy atom. The van der Waals surface area contributed by atoms with Gasteiger partial charge in [-0.3, -0.25) is 0 Å². The standard InChI is InChI=1S/C12H13N3O3/c1-7(16)10(12(17)18)15-11-8-4-2-3-5-9(8)13-6-14-11/h2-7,10,16H,1H3,(H,17,18)(H,13,14,15)/t7-,10+/m0/s1. The minimum absolute atomic E-state index is 0.397. The highest BCUT2D eigenvalue weighted by atomic mass is 16.4. The number of benzene rings is 1. The van der Waals surface area contributed by atoms with Crippen molar-refractivity contribution in [1.29, 1.82) is 0 Å². The molecule has 0 saturated heterocycles. The van der Waals surface area contributed by atoms with E-state index in [1.807, 2.05) is 12.1 Å². The van der Waals surface area contributed by atoms with Gasteiger partial charge in [0, 0.05) is 5.39 Å². The average molecular weight is 247 g/mol. The maximum Gasteiger partial charge on any atom is 0.328 e. The third-order valence-electron chi connectivity index (χ3n) is 2.58. The smallest absolute Gasteiger partial charge is 0.328 e. The third-order valence-corrected chi connectivity index (χ3v) is 2.58. The molecule has 0 bridgehead atoms. The van der Waals surface area contributed by atoms with Crippen LogP contribution in [-0.4, -0.2) is 38.3 Å². The molecule has 6 nitrogen and oxygen atoms in total. The van der Waals surface area contributed by atoms with Crippen molar-refractivity contribution in [2.75, 3.05) is 5.32 Å². The summed E-state index contributed by atoms with van der Waals surface area (Å²) in [6.07, 6.45) is 0.322. The number of nitrogens with zero attached hydrogens (tertiary/aromatic N) is 2. The number of carboxylic acids is 1. The van der Waals surface area contributed by atoms with Crippen LogP contribution in [0.25, 0.3) is 10.9 Å². The van der Waals surface area contributed by atoms with Gasteiger partial charge in [-0.25, -0.2) is 14.8 Å². The molecule has 0 fully saturated rings. The number of para-hydroxylation sites is 1. The van der Waals surface area contributed by atoms with E-state index in [2.05, 4.69) is 15.3 Å². The molecule has 2 aromatic rings. The Bertz CT molecular complexity index is 566. The Morgan fingerprint density at radius 1 is 1.33 bits per heavy atom. The first-order chi connectivity index (χ1) is 8.59. The molecule has 0 aliphatic heterocycles. The van der Waals surface area contributed by atoms with Gasteiger partial charge in [-0.1, -0.05) is 12.1 Å². The van der Waals surface area contributed by atoms with E-state index in [0.29, 0.717) is 16.7 Å². The van der Waals surface area contributed by atoms with Crippen LogP contribution in [0.15, 0.2) is 30.6 Å². The number of aliphatic carboxylic acids is 1. The van der Waals surface area contributed by atoms with Crippen molar-refractivity contribution >= 4 is 22.7 Å². The molecule has 0 aliphatic carbocycles. The summed E-state index contributed by atoms with van der Waals surface area (Å²) < 4.78 is 0. The Morgan fingerprint density at radius 3 is 2.72 bits per heavy atom. The molecule has 3 N–H and O–H groups in total. The van der Waals surface area contributed by atoms with Crippen molar-refractivity contribution in [3.05, 3.63) is 30.6 Å². The Balaban J connectivity index is 2.39. The van der Waals surface area contributed by atoms with Gasteiger partial charge in [0.15, 0.2) is 6.04 Å². The molecule has 1 aromatic heterocycles. The second-order valence-electron chi connectivity index (χ2n) is 3.94. The maximum absolute atomic E-state index is 11.0. The van der Waals surface area contributed by atoms with E-state index in [4.69, 9.17) is 5.11 Å². The van der Waals surface area contributed by atoms with Crippen LogP contribution in [0.3, 0.4) is 0 Å². The predicted octanol–water partition coefficient (Wildman–Crippen LogP) is 0.876. The van der Waals surface area contributed by atoms with Crippen molar-refractivity contribution in [1.82, 2.24) is 9.97 Å². The second kappa shape index (κ2) is 4.97. The van der Waals surface area contributed by atoms with Crippen LogP contribution in [0.1, 0.15) is 6.92 Å². The molecule has 6 heteroatoms. The van der Waals surface area contributed by atoms with Crippen LogP contribution in [0.5, 0.6) is 0 Å². The van der Waals surface area contributed by atoms with Gasteiger partial charge in [-0.15, -0.1) is 0 Å². The lowest BCUT2D eigenvalue weighted by Crippen LogP contribution is -2.39. The van der Waals surface area contributed by atoms with Crippen molar-refractivity contribution in [3.8, 4) is 0 Å². The Hall–Kier alpha value is -2.21. The van der Waals surface area contributed by atoms with Crippen LogP contribution >= 0.6 is 0 Å². The first-order valence-corrected chi connectivity index (χ1v) is 5.46. The van der Waals surface area contributed by atoms with Crippen molar-refractivity contribution < 1.29 is 15.0 Å². The zero-order valence-corrected chi connectivity index (χ0v) is 9.74. The van der Waals surface area contributed by atoms with Crippen LogP contribution in [0.2, 0.25) is 0 Å². The molecular weight excluding hydrogens is 234 g/mol. The fraction of sp³-hybridized carbons (Fsp3) is 0.250. The monoisotopic (exact) mass is 247 g/mol. The van der Waals surface area contributed by atoms with Crippen LogP contribution < -0.4 is 5.32 Å². The van der Waals surface area contributed by atoms with Gasteiger partial charge < -0.3 is 15.5 Å². The molecule has 1 aromatic carbocycles. The zero-order valence-electron chi connectivity index (χ0n) is 9.74. The number of carbonyl (C=O) groups is 1. The van der Waals surface area contributed by atoms with Crippen LogP contribution in [0, 0.1) is 0 Å². The largest absolute Gasteiger partial charge is 0.480 e. The quantitative estimate of drug-likeness (QED) is 0.742. The number of rotatable bonds is 4. The summed E-state index contributed by atoms with van der Waals surface area (Å²) in [5.41, 5.74) is 0.713. The number of anilines is 1. The number of aliphatic hydroxyl groups is 1. The van der Waals surface area contributed by atoms with Gasteiger partial charge in [0.2, 0.25) is 0 Å². The molecule has 94 valence electrons. The van der Waals surface area contributed by atoms with Gasteiger partial charge in [0.05, 0.1) is 11.6 Å². The topological polar surface area (TPSA) is 95.3 Å². The van der Waals surface area contributed by atoms with Gasteiger partial charge in [0.25, 0.3) is 0 Å². The van der Waals surface area contributed by atoms with E-state index in [1.165, 1.54) is 13.3 Å². The molecule has 0 spiro atoms. The number of aromatic nitrogens is 2. The Kier molecular flexibility index (Phi) is 3.38. The third kappa shape index (κ3) is 2.38. The molecule has 0 radical (unpaired) electrons. The highest BCUT2D eigenvalue weighted by molar-refractivity contribution is 5.90. The lowest BCUT2D eigenvalue weighted by Gasteiger charge is -2.18. The van der Waals surface area contributed by atoms with Gasteiger partial charge in [-0.2, -0.15) is 0 Å². The van der Waals surface area contributed by atoms with Crippen molar-refractivity contribution in [2.45, 2.75) is 19.1 Å². The summed E-state index contributed by atoms with van der Waals surface area (Å²) in [7, 11) is 0. The predicted molar refractivity (Wildman–Crippen MR) is 66.3 cm³/mol. The molecule has 2 rings (SSSR count). The summed E-state index contributed by atoms with van der Waals surface area (Å²) in [6, 6.07) is 6.14. The fourth-order valence-corrected chi connectivity index (χ4v) is 1.66. The van der Waals surface area contributed by atoms with Gasteiger partial charge in [0.1, 0.15) is 12.1 Å². The van der Waals surface area contributed by atoms with E-state index in [-0.39, 0.29) is 0 Å². The fourth-order valence-electron chi connectivity index (χ4n) is 1.66. The number of fused-ring (bicyclic) bond motifs is 1. The molecule has 18 heavy (non-hydrogen) atoms. The number of nitrogens with one attached hydrogen (secondary N) is 1. The first kappa shape index (κ1) is 12.3. The minimum atomic E-state index is -1.13. The van der Waals surface area contributed by atoms with E-state index in [0.717, 1.165) is 0 Å². The summed E-state index contributed by atoms with van der Waals surface area (Å²) in [5, 5.41) is 21.9. The second-order valence-corrected chi connectivity index (χ2v) is 3.94. The van der Waals surface area contributed by atoms with E-state index in [1.54, 1.807) is 12.1 Å². The average Bonchev–Trinajstić information content (AvgIpc) is 2.35. The lowest BCUT2D eigenvalue weighted by atomic mass is 10.1. The summed E-state index contributed by atoms with van der Waals surface area (Å²) in [4.78, 5) is 19.1. The summed E-state index contributed by atoms with van der Waals surface area (Å²) in [5.74, 6) is -0.735. The molecule has 2 atom stereocenters. The molecule has 0 aliphatic rings. The van der Waals surface area contributed by atoms with Gasteiger partial charge in [-0.05, 0) is 19.1 Å². The van der Waals surface area contributed by atoms with E-state index in [9.17, 15) is 9.90 Å². The van der Waals surface area contributed by atoms with Crippen molar-refractivity contribution in [3.63, 3.8) is 0 Å². The number of hydrogen-bond acceptors (Lipinski definition) is 5. The highest BCUT2D eigenvalue weighted by Crippen LogP contribution is 2.19. The normalized spacial score (nSPS) is 14.1. The molecule has 0 amide bonds. The summed E-state index contributed by atoms with van der Waals surface area (Å²) >= 11 is 0. The van der Waals surface area contributed by atoms with E-state index >= 15 is 0 Å². The molecular formula is C12H13N3O3. The van der Waals surface area contributed by atoms with Crippen molar-refractivity contribution in [2.24, 2.45) is 0 Å². The molecule has 0 saturated carbocycles. The molecule has 1 heterocycles. The zero-order chi connectivity index (χ0) is 13.1. The SMILES string of the molecule is C[C@H](O)[C@@H](Nc1ncnc2ccccc12)C(=O)O. The summed E-state index contributed by atoms with van der Waals surface area (Å²) in [6.45, 7) is 1.41. The van der Waals surface area contributed by atoms with E-state index < -0.39 is 18.1 Å². The lowest BCUT2D eigenvalue weighted by molar-refractivity contribution is -0.140. The number of carboxylic acid groups (broad SMARTS) is 1. The highest BCUT2D eigenvalue weighted by Gasteiger charge is 2.23. The number of aliphatic hydroxyl groups excluding tert-OH is 1. The maximum atomic E-state index is 11.0. The van der Waals surface area contributed by atoms with Gasteiger partial charge >= 0.3 is 5.97 Å². The number of hydrogen-bond donors (Lipinski definition) is 3. The van der Waals surface area contributed by atoms with Crippen LogP contribution in [-0.2, 0) is 4.79 Å². The minimum Gasteiger partial charge on any atom is -0.480 e. The Labute approximate surface area is 103 Å².